The van der Waals surface area contributed by atoms with Crippen LogP contribution in [0.3, 0.4) is 0 Å². The van der Waals surface area contributed by atoms with Crippen LogP contribution in [0.2, 0.25) is 0 Å². The summed E-state index contributed by atoms with van der Waals surface area (Å²) in [6, 6.07) is 7.72. The molecule has 0 unspecified atom stereocenters. The van der Waals surface area contributed by atoms with E-state index in [9.17, 15) is 9.90 Å². The van der Waals surface area contributed by atoms with E-state index < -0.39 is 6.09 Å². The van der Waals surface area contributed by atoms with E-state index in [4.69, 9.17) is 14.6 Å². The molecule has 1 aromatic carbocycles. The molecule has 9 nitrogen and oxygen atoms in total. The molecule has 9 heteroatoms. The van der Waals surface area contributed by atoms with E-state index >= 15 is 0 Å². The highest BCUT2D eigenvalue weighted by Gasteiger charge is 2.27. The fourth-order valence-electron chi connectivity index (χ4n) is 4.68. The Morgan fingerprint density at radius 1 is 1.21 bits per heavy atom. The highest BCUT2D eigenvalue weighted by Crippen LogP contribution is 2.36. The lowest BCUT2D eigenvalue weighted by atomic mass is 9.85. The number of rotatable bonds is 8. The SMILES string of the molecule is COCCNC1CCC(c2nc(-c3ccc(N(OC)C(=O)O)cc3)c3c(C)nccn23)CC1. The molecule has 3 aromatic rings. The van der Waals surface area contributed by atoms with Crippen molar-refractivity contribution in [2.45, 2.75) is 44.6 Å². The number of ether oxygens (including phenoxy) is 1. The average molecular weight is 454 g/mol. The van der Waals surface area contributed by atoms with Crippen molar-refractivity contribution in [3.8, 4) is 11.3 Å². The number of carboxylic acid groups (broad SMARTS) is 1. The molecule has 0 aliphatic heterocycles. The fourth-order valence-corrected chi connectivity index (χ4v) is 4.68. The summed E-state index contributed by atoms with van der Waals surface area (Å²) < 4.78 is 7.32. The molecule has 2 aromatic heterocycles. The smallest absolute Gasteiger partial charge is 0.436 e. The molecule has 1 aliphatic rings. The number of methoxy groups -OCH3 is 1. The molecule has 2 N–H and O–H groups in total. The predicted molar refractivity (Wildman–Crippen MR) is 126 cm³/mol. The van der Waals surface area contributed by atoms with Crippen molar-refractivity contribution in [1.82, 2.24) is 19.7 Å². The standard InChI is InChI=1S/C24H31N5O4/c1-16-22-21(17-6-10-20(11-7-17)29(33-3)24(30)31)27-23(28(22)14-12-25-16)18-4-8-19(9-5-18)26-13-15-32-2/h6-7,10-12,14,18-19,26H,4-5,8-9,13,15H2,1-3H3,(H,30,31). The number of carbonyl (C=O) groups is 1. The molecule has 176 valence electrons. The Morgan fingerprint density at radius 2 is 1.94 bits per heavy atom. The van der Waals surface area contributed by atoms with Crippen LogP contribution >= 0.6 is 0 Å². The minimum atomic E-state index is -1.17. The highest BCUT2D eigenvalue weighted by atomic mass is 16.7. The second-order valence-electron chi connectivity index (χ2n) is 8.35. The fraction of sp³-hybridized carbons (Fsp3) is 0.458. The number of hydrogen-bond donors (Lipinski definition) is 2. The van der Waals surface area contributed by atoms with Gasteiger partial charge in [0.2, 0.25) is 0 Å². The maximum absolute atomic E-state index is 11.3. The molecule has 0 saturated heterocycles. The van der Waals surface area contributed by atoms with Crippen molar-refractivity contribution in [1.29, 1.82) is 0 Å². The van der Waals surface area contributed by atoms with Gasteiger partial charge in [0.05, 0.1) is 36.3 Å². The number of hydroxylamine groups is 1. The van der Waals surface area contributed by atoms with E-state index in [-0.39, 0.29) is 0 Å². The summed E-state index contributed by atoms with van der Waals surface area (Å²) >= 11 is 0. The Balaban J connectivity index is 1.61. The monoisotopic (exact) mass is 453 g/mol. The quantitative estimate of drug-likeness (QED) is 0.392. The summed E-state index contributed by atoms with van der Waals surface area (Å²) in [5, 5.41) is 13.7. The van der Waals surface area contributed by atoms with Gasteiger partial charge in [-0.25, -0.2) is 9.78 Å². The van der Waals surface area contributed by atoms with E-state index in [0.29, 0.717) is 17.6 Å². The third-order valence-electron chi connectivity index (χ3n) is 6.33. The van der Waals surface area contributed by atoms with Crippen molar-refractivity contribution in [2.24, 2.45) is 0 Å². The van der Waals surface area contributed by atoms with Gasteiger partial charge < -0.3 is 15.2 Å². The largest absolute Gasteiger partial charge is 0.463 e. The van der Waals surface area contributed by atoms with Crippen LogP contribution in [0.1, 0.15) is 43.1 Å². The Kier molecular flexibility index (Phi) is 7.22. The van der Waals surface area contributed by atoms with Gasteiger partial charge in [-0.2, -0.15) is 5.06 Å². The van der Waals surface area contributed by atoms with Gasteiger partial charge in [-0.15, -0.1) is 0 Å². The topological polar surface area (TPSA) is 101 Å². The van der Waals surface area contributed by atoms with Crippen LogP contribution in [0.4, 0.5) is 10.5 Å². The van der Waals surface area contributed by atoms with Gasteiger partial charge >= 0.3 is 6.09 Å². The summed E-state index contributed by atoms with van der Waals surface area (Å²) in [5.41, 5.74) is 4.11. The van der Waals surface area contributed by atoms with Gasteiger partial charge in [0, 0.05) is 43.6 Å². The molecule has 1 saturated carbocycles. The van der Waals surface area contributed by atoms with E-state index in [1.54, 1.807) is 19.2 Å². The molecule has 1 amide bonds. The first-order valence-corrected chi connectivity index (χ1v) is 11.3. The normalized spacial score (nSPS) is 18.5. The van der Waals surface area contributed by atoms with Crippen molar-refractivity contribution in [2.75, 3.05) is 32.4 Å². The van der Waals surface area contributed by atoms with Crippen molar-refractivity contribution >= 4 is 17.3 Å². The van der Waals surface area contributed by atoms with Gasteiger partial charge in [0.1, 0.15) is 5.82 Å². The third-order valence-corrected chi connectivity index (χ3v) is 6.33. The number of anilines is 1. The molecule has 0 radical (unpaired) electrons. The van der Waals surface area contributed by atoms with E-state index in [0.717, 1.165) is 72.2 Å². The number of aryl methyl sites for hydroxylation is 1. The van der Waals surface area contributed by atoms with Crippen LogP contribution in [-0.2, 0) is 9.57 Å². The summed E-state index contributed by atoms with van der Waals surface area (Å²) in [4.78, 5) is 25.9. The summed E-state index contributed by atoms with van der Waals surface area (Å²) in [6.45, 7) is 3.60. The molecule has 0 spiro atoms. The van der Waals surface area contributed by atoms with Gasteiger partial charge in [-0.05, 0) is 44.7 Å². The Hall–Kier alpha value is -3.01. The van der Waals surface area contributed by atoms with E-state index in [1.807, 2.05) is 31.5 Å². The maximum Gasteiger partial charge on any atom is 0.436 e. The van der Waals surface area contributed by atoms with Crippen LogP contribution in [-0.4, -0.2) is 59.0 Å². The first-order chi connectivity index (χ1) is 16.0. The highest BCUT2D eigenvalue weighted by molar-refractivity contribution is 5.85. The van der Waals surface area contributed by atoms with Crippen molar-refractivity contribution in [3.05, 3.63) is 48.2 Å². The number of benzene rings is 1. The molecule has 33 heavy (non-hydrogen) atoms. The number of aromatic nitrogens is 3. The Bertz CT molecular complexity index is 1090. The zero-order valence-electron chi connectivity index (χ0n) is 19.3. The lowest BCUT2D eigenvalue weighted by Gasteiger charge is -2.28. The molecule has 1 aliphatic carbocycles. The number of nitrogens with zero attached hydrogens (tertiary/aromatic N) is 4. The van der Waals surface area contributed by atoms with Crippen LogP contribution < -0.4 is 10.4 Å². The first-order valence-electron chi connectivity index (χ1n) is 11.3. The van der Waals surface area contributed by atoms with Crippen LogP contribution in [0.25, 0.3) is 16.8 Å². The lowest BCUT2D eigenvalue weighted by molar-refractivity contribution is 0.130. The number of fused-ring (bicyclic) bond motifs is 1. The predicted octanol–water partition coefficient (Wildman–Crippen LogP) is 4.01. The van der Waals surface area contributed by atoms with Crippen molar-refractivity contribution < 1.29 is 19.5 Å². The lowest BCUT2D eigenvalue weighted by Crippen LogP contribution is -2.35. The van der Waals surface area contributed by atoms with Crippen molar-refractivity contribution in [3.63, 3.8) is 0 Å². The van der Waals surface area contributed by atoms with Crippen LogP contribution in [0.15, 0.2) is 36.7 Å². The van der Waals surface area contributed by atoms with Gasteiger partial charge in [-0.1, -0.05) is 12.1 Å². The molecular formula is C24H31N5O4. The van der Waals surface area contributed by atoms with E-state index in [1.165, 1.54) is 7.11 Å². The van der Waals surface area contributed by atoms with Gasteiger partial charge in [-0.3, -0.25) is 14.2 Å². The minimum Gasteiger partial charge on any atom is -0.463 e. The zero-order valence-corrected chi connectivity index (χ0v) is 19.3. The average Bonchev–Trinajstić information content (AvgIpc) is 3.21. The molecule has 2 heterocycles. The molecule has 0 bridgehead atoms. The van der Waals surface area contributed by atoms with Gasteiger partial charge in [0.25, 0.3) is 0 Å². The number of imidazole rings is 1. The summed E-state index contributed by atoms with van der Waals surface area (Å²) in [5.74, 6) is 1.44. The third kappa shape index (κ3) is 4.85. The molecule has 4 rings (SSSR count). The number of amides is 1. The number of hydrogen-bond acceptors (Lipinski definition) is 6. The molecule has 1 fully saturated rings. The van der Waals surface area contributed by atoms with E-state index in [2.05, 4.69) is 14.7 Å². The molecular weight excluding hydrogens is 422 g/mol. The first kappa shape index (κ1) is 23.2. The Morgan fingerprint density at radius 3 is 2.58 bits per heavy atom. The Labute approximate surface area is 193 Å². The molecule has 0 atom stereocenters. The van der Waals surface area contributed by atoms with Gasteiger partial charge in [0.15, 0.2) is 0 Å². The number of nitrogens with one attached hydrogen (secondary N) is 1. The van der Waals surface area contributed by atoms with Crippen LogP contribution in [0.5, 0.6) is 0 Å². The summed E-state index contributed by atoms with van der Waals surface area (Å²) in [7, 11) is 3.05. The maximum atomic E-state index is 11.3. The summed E-state index contributed by atoms with van der Waals surface area (Å²) in [6.07, 6.45) is 7.01. The minimum absolute atomic E-state index is 0.379. The zero-order chi connectivity index (χ0) is 23.4. The van der Waals surface area contributed by atoms with Crippen LogP contribution in [0, 0.1) is 6.92 Å². The second-order valence-corrected chi connectivity index (χ2v) is 8.35. The second kappa shape index (κ2) is 10.3.